The first-order chi connectivity index (χ1) is 20.5. The van der Waals surface area contributed by atoms with Gasteiger partial charge in [0.05, 0.1) is 23.2 Å². The average molecular weight is 612 g/mol. The first kappa shape index (κ1) is 33.1. The predicted molar refractivity (Wildman–Crippen MR) is 173 cm³/mol. The topological polar surface area (TPSA) is 90.4 Å². The molecule has 3 heterocycles. The molecule has 236 valence electrons. The Morgan fingerprint density at radius 1 is 1.12 bits per heavy atom. The smallest absolute Gasteiger partial charge is 0.247 e. The summed E-state index contributed by atoms with van der Waals surface area (Å²) >= 11 is 1.70. The molecule has 0 aromatic heterocycles. The number of aliphatic hydroxyl groups is 1. The lowest BCUT2D eigenvalue weighted by molar-refractivity contribution is -0.145. The molecule has 3 aliphatic rings. The van der Waals surface area contributed by atoms with Crippen LogP contribution in [-0.2, 0) is 14.4 Å². The SMILES string of the molecule is C=CCN(C(=O)[C@@H]1[C@@H]2CC(C)C3(S2)C(C(=O)N(CC=C)C(C)(C)C)N(CCCCCO)C(=O)[C@H]13)c1ccc(OCC)cc1. The summed E-state index contributed by atoms with van der Waals surface area (Å²) in [6, 6.07) is 6.78. The van der Waals surface area contributed by atoms with E-state index in [4.69, 9.17) is 4.74 Å². The maximum Gasteiger partial charge on any atom is 0.247 e. The van der Waals surface area contributed by atoms with Crippen molar-refractivity contribution in [3.63, 3.8) is 0 Å². The minimum absolute atomic E-state index is 0.0548. The second-order valence-electron chi connectivity index (χ2n) is 12.9. The van der Waals surface area contributed by atoms with Gasteiger partial charge < -0.3 is 24.5 Å². The van der Waals surface area contributed by atoms with Crippen LogP contribution in [0.4, 0.5) is 5.69 Å². The predicted octanol–water partition coefficient (Wildman–Crippen LogP) is 4.92. The standard InChI is InChI=1S/C34H49N3O5S/c1-8-18-35(24-14-16-25(17-15-24)42-10-3)30(39)27-26-22-23(4)34(43-26)28(27)31(40)36(20-12-11-13-21-38)29(34)32(41)37(19-9-2)33(5,6)7/h8-9,14-17,23,26-29,38H,1-2,10-13,18-22H2,3-7H3/t23?,26-,27+,28-,29?,34?/m0/s1. The van der Waals surface area contributed by atoms with Crippen LogP contribution in [0.5, 0.6) is 5.75 Å². The van der Waals surface area contributed by atoms with Crippen LogP contribution in [0.15, 0.2) is 49.6 Å². The molecule has 3 amide bonds. The van der Waals surface area contributed by atoms with Crippen LogP contribution in [0.3, 0.4) is 0 Å². The molecule has 4 rings (SSSR count). The van der Waals surface area contributed by atoms with E-state index in [-0.39, 0.29) is 35.5 Å². The molecule has 1 spiro atoms. The van der Waals surface area contributed by atoms with Crippen molar-refractivity contribution in [1.29, 1.82) is 0 Å². The van der Waals surface area contributed by atoms with Gasteiger partial charge in [0, 0.05) is 42.7 Å². The summed E-state index contributed by atoms with van der Waals surface area (Å²) in [5, 5.41) is 9.28. The van der Waals surface area contributed by atoms with Crippen molar-refractivity contribution in [1.82, 2.24) is 9.80 Å². The number of amides is 3. The highest BCUT2D eigenvalue weighted by Crippen LogP contribution is 2.69. The van der Waals surface area contributed by atoms with Crippen LogP contribution < -0.4 is 9.64 Å². The van der Waals surface area contributed by atoms with Crippen molar-refractivity contribution in [2.24, 2.45) is 17.8 Å². The van der Waals surface area contributed by atoms with E-state index < -0.39 is 28.2 Å². The molecule has 3 fully saturated rings. The maximum absolute atomic E-state index is 14.6. The molecule has 8 nitrogen and oxygen atoms in total. The number of carbonyl (C=O) groups is 3. The van der Waals surface area contributed by atoms with Crippen LogP contribution in [0.25, 0.3) is 0 Å². The molecule has 2 bridgehead atoms. The fourth-order valence-corrected chi connectivity index (χ4v) is 9.79. The zero-order valence-corrected chi connectivity index (χ0v) is 27.3. The van der Waals surface area contributed by atoms with Crippen molar-refractivity contribution in [3.8, 4) is 5.75 Å². The first-order valence-corrected chi connectivity index (χ1v) is 16.5. The van der Waals surface area contributed by atoms with Gasteiger partial charge in [-0.25, -0.2) is 0 Å². The molecule has 3 aliphatic heterocycles. The molecule has 3 unspecified atom stereocenters. The second-order valence-corrected chi connectivity index (χ2v) is 14.5. The number of carbonyl (C=O) groups excluding carboxylic acids is 3. The van der Waals surface area contributed by atoms with Gasteiger partial charge in [0.1, 0.15) is 11.8 Å². The molecule has 0 radical (unpaired) electrons. The van der Waals surface area contributed by atoms with Crippen LogP contribution in [-0.4, -0.2) is 87.1 Å². The van der Waals surface area contributed by atoms with E-state index in [1.165, 1.54) is 0 Å². The van der Waals surface area contributed by atoms with Crippen molar-refractivity contribution in [2.75, 3.05) is 37.7 Å². The lowest BCUT2D eigenvalue weighted by atomic mass is 9.65. The fraction of sp³-hybridized carbons (Fsp3) is 0.618. The molecule has 9 heteroatoms. The van der Waals surface area contributed by atoms with Crippen molar-refractivity contribution in [2.45, 2.75) is 81.9 Å². The fourth-order valence-electron chi connectivity index (χ4n) is 7.38. The van der Waals surface area contributed by atoms with Crippen LogP contribution in [0.2, 0.25) is 0 Å². The Kier molecular flexibility index (Phi) is 10.4. The van der Waals surface area contributed by atoms with E-state index in [9.17, 15) is 19.5 Å². The number of unbranched alkanes of at least 4 members (excludes halogenated alkanes) is 2. The van der Waals surface area contributed by atoms with Gasteiger partial charge in [0.2, 0.25) is 17.7 Å². The molecule has 0 saturated carbocycles. The highest BCUT2D eigenvalue weighted by Gasteiger charge is 2.76. The molecule has 1 aromatic carbocycles. The minimum atomic E-state index is -0.695. The quantitative estimate of drug-likeness (QED) is 0.237. The Labute approximate surface area is 261 Å². The Morgan fingerprint density at radius 3 is 2.37 bits per heavy atom. The monoisotopic (exact) mass is 611 g/mol. The molecule has 0 aliphatic carbocycles. The van der Waals surface area contributed by atoms with Gasteiger partial charge >= 0.3 is 0 Å². The van der Waals surface area contributed by atoms with Gasteiger partial charge in [-0.15, -0.1) is 24.9 Å². The zero-order valence-electron chi connectivity index (χ0n) is 26.5. The van der Waals surface area contributed by atoms with Crippen LogP contribution >= 0.6 is 11.8 Å². The molecule has 1 aromatic rings. The molecule has 3 saturated heterocycles. The van der Waals surface area contributed by atoms with Crippen molar-refractivity contribution < 1.29 is 24.2 Å². The molecule has 6 atom stereocenters. The van der Waals surface area contributed by atoms with Gasteiger partial charge in [-0.05, 0) is 83.6 Å². The summed E-state index contributed by atoms with van der Waals surface area (Å²) in [6.07, 6.45) is 6.31. The van der Waals surface area contributed by atoms with Gasteiger partial charge in [-0.1, -0.05) is 19.1 Å². The Bertz CT molecular complexity index is 1200. The van der Waals surface area contributed by atoms with Gasteiger partial charge in [0.25, 0.3) is 0 Å². The number of hydrogen-bond donors (Lipinski definition) is 1. The first-order valence-electron chi connectivity index (χ1n) is 15.6. The summed E-state index contributed by atoms with van der Waals surface area (Å²) < 4.78 is 4.91. The third-order valence-corrected chi connectivity index (χ3v) is 11.3. The highest BCUT2D eigenvalue weighted by atomic mass is 32.2. The number of fused-ring (bicyclic) bond motifs is 1. The summed E-state index contributed by atoms with van der Waals surface area (Å²) in [6.45, 7) is 19.6. The van der Waals surface area contributed by atoms with Gasteiger partial charge in [-0.3, -0.25) is 14.4 Å². The third kappa shape index (κ3) is 5.99. The summed E-state index contributed by atoms with van der Waals surface area (Å²) in [4.78, 5) is 49.0. The number of thioether (sulfide) groups is 1. The van der Waals surface area contributed by atoms with E-state index in [1.807, 2.05) is 56.9 Å². The molecule has 1 N–H and O–H groups in total. The molecular formula is C34H49N3O5S. The van der Waals surface area contributed by atoms with E-state index in [2.05, 4.69) is 20.1 Å². The third-order valence-electron chi connectivity index (χ3n) is 9.25. The molecule has 43 heavy (non-hydrogen) atoms. The van der Waals surface area contributed by atoms with Crippen molar-refractivity contribution in [3.05, 3.63) is 49.6 Å². The largest absolute Gasteiger partial charge is 0.494 e. The average Bonchev–Trinajstić information content (AvgIpc) is 3.55. The number of ether oxygens (including phenoxy) is 1. The number of nitrogens with zero attached hydrogens (tertiary/aromatic N) is 3. The highest BCUT2D eigenvalue weighted by molar-refractivity contribution is 8.02. The zero-order chi connectivity index (χ0) is 31.5. The number of aliphatic hydroxyl groups excluding tert-OH is 1. The summed E-state index contributed by atoms with van der Waals surface area (Å²) in [5.74, 6) is -0.589. The van der Waals surface area contributed by atoms with Crippen molar-refractivity contribution >= 4 is 35.2 Å². The normalized spacial score (nSPS) is 27.6. The van der Waals surface area contributed by atoms with E-state index >= 15 is 0 Å². The minimum Gasteiger partial charge on any atom is -0.494 e. The van der Waals surface area contributed by atoms with Crippen LogP contribution in [0.1, 0.15) is 60.3 Å². The van der Waals surface area contributed by atoms with Gasteiger partial charge in [0.15, 0.2) is 0 Å². The van der Waals surface area contributed by atoms with Gasteiger partial charge in [-0.2, -0.15) is 0 Å². The number of likely N-dealkylation sites (tertiary alicyclic amines) is 1. The van der Waals surface area contributed by atoms with E-state index in [0.717, 1.165) is 24.3 Å². The Morgan fingerprint density at radius 2 is 1.79 bits per heavy atom. The number of anilines is 1. The molecular weight excluding hydrogens is 562 g/mol. The Hall–Kier alpha value is -2.78. The lowest BCUT2D eigenvalue weighted by Crippen LogP contribution is -2.60. The summed E-state index contributed by atoms with van der Waals surface area (Å²) in [5.41, 5.74) is 0.256. The van der Waals surface area contributed by atoms with E-state index in [1.54, 1.807) is 33.7 Å². The van der Waals surface area contributed by atoms with Crippen LogP contribution in [0, 0.1) is 17.8 Å². The second kappa shape index (κ2) is 13.5. The number of rotatable bonds is 14. The summed E-state index contributed by atoms with van der Waals surface area (Å²) in [7, 11) is 0. The number of benzene rings is 1. The lowest BCUT2D eigenvalue weighted by Gasteiger charge is -2.44. The number of hydrogen-bond acceptors (Lipinski definition) is 6. The van der Waals surface area contributed by atoms with E-state index in [0.29, 0.717) is 39.1 Å². The Balaban J connectivity index is 1.75. The maximum atomic E-state index is 14.6.